The molecule has 1 aliphatic heterocycles. The predicted molar refractivity (Wildman–Crippen MR) is 232 cm³/mol. The molecule has 7 aromatic carbocycles. The lowest BCUT2D eigenvalue weighted by molar-refractivity contribution is 0.661. The van der Waals surface area contributed by atoms with Crippen LogP contribution in [0.1, 0.15) is 36.7 Å². The van der Waals surface area contributed by atoms with Crippen LogP contribution in [0.2, 0.25) is 0 Å². The summed E-state index contributed by atoms with van der Waals surface area (Å²) < 4.78 is 2.28. The van der Waals surface area contributed by atoms with E-state index in [9.17, 15) is 0 Å². The third-order valence-electron chi connectivity index (χ3n) is 11.9. The highest BCUT2D eigenvalue weighted by Gasteiger charge is 2.36. The first-order valence-electron chi connectivity index (χ1n) is 19.4. The molecule has 1 unspecified atom stereocenters. The van der Waals surface area contributed by atoms with Crippen LogP contribution in [0.5, 0.6) is 0 Å². The van der Waals surface area contributed by atoms with Crippen LogP contribution >= 0.6 is 0 Å². The third-order valence-corrected chi connectivity index (χ3v) is 11.9. The van der Waals surface area contributed by atoms with E-state index in [4.69, 9.17) is 9.97 Å². The first kappa shape index (κ1) is 32.4. The molecule has 56 heavy (non-hydrogen) atoms. The zero-order valence-corrected chi connectivity index (χ0v) is 31.2. The molecule has 1 aliphatic carbocycles. The van der Waals surface area contributed by atoms with Crippen molar-refractivity contribution in [1.29, 1.82) is 0 Å². The Kier molecular flexibility index (Phi) is 7.23. The molecule has 0 radical (unpaired) electrons. The van der Waals surface area contributed by atoms with E-state index >= 15 is 0 Å². The van der Waals surface area contributed by atoms with Gasteiger partial charge in [-0.15, -0.1) is 0 Å². The van der Waals surface area contributed by atoms with E-state index in [-0.39, 0.29) is 11.5 Å². The Bertz CT molecular complexity index is 3070. The highest BCUT2D eigenvalue weighted by atomic mass is 15.1. The fourth-order valence-electron chi connectivity index (χ4n) is 9.23. The second kappa shape index (κ2) is 12.5. The number of nitrogens with zero attached hydrogens (tertiary/aromatic N) is 3. The second-order valence-electron chi connectivity index (χ2n) is 15.4. The van der Waals surface area contributed by atoms with Crippen molar-refractivity contribution in [3.63, 3.8) is 0 Å². The van der Waals surface area contributed by atoms with E-state index in [0.717, 1.165) is 44.9 Å². The molecule has 0 bridgehead atoms. The van der Waals surface area contributed by atoms with Crippen molar-refractivity contribution in [3.05, 3.63) is 199 Å². The van der Waals surface area contributed by atoms with Gasteiger partial charge in [-0.25, -0.2) is 4.98 Å². The van der Waals surface area contributed by atoms with Crippen molar-refractivity contribution in [1.82, 2.24) is 19.9 Å². The Morgan fingerprint density at radius 2 is 1.30 bits per heavy atom. The van der Waals surface area contributed by atoms with Crippen LogP contribution in [0.25, 0.3) is 83.0 Å². The molecule has 0 saturated carbocycles. The number of rotatable bonds is 5. The maximum Gasteiger partial charge on any atom is 0.145 e. The number of fused-ring (bicyclic) bond motifs is 6. The van der Waals surface area contributed by atoms with Crippen molar-refractivity contribution in [2.75, 3.05) is 0 Å². The molecule has 0 saturated heterocycles. The Morgan fingerprint density at radius 3 is 2.11 bits per heavy atom. The van der Waals surface area contributed by atoms with Gasteiger partial charge in [-0.1, -0.05) is 129 Å². The third kappa shape index (κ3) is 4.92. The molecule has 0 fully saturated rings. The Balaban J connectivity index is 1.19. The van der Waals surface area contributed by atoms with Gasteiger partial charge in [0.2, 0.25) is 0 Å². The summed E-state index contributed by atoms with van der Waals surface area (Å²) in [6, 6.07) is 55.2. The summed E-state index contributed by atoms with van der Waals surface area (Å²) in [6.45, 7) is 4.73. The highest BCUT2D eigenvalue weighted by Crippen LogP contribution is 2.53. The molecule has 11 rings (SSSR count). The molecule has 3 heterocycles. The number of imidazole rings is 1. The Labute approximate surface area is 326 Å². The summed E-state index contributed by atoms with van der Waals surface area (Å²) >= 11 is 0. The summed E-state index contributed by atoms with van der Waals surface area (Å²) in [4.78, 5) is 10.3. The van der Waals surface area contributed by atoms with Crippen LogP contribution in [-0.2, 0) is 5.41 Å². The molecule has 2 aromatic heterocycles. The van der Waals surface area contributed by atoms with E-state index in [1.165, 1.54) is 54.9 Å². The van der Waals surface area contributed by atoms with Crippen molar-refractivity contribution < 1.29 is 0 Å². The maximum atomic E-state index is 5.25. The minimum absolute atomic E-state index is 0.0503. The molecule has 4 heteroatoms. The summed E-state index contributed by atoms with van der Waals surface area (Å²) in [5, 5.41) is 8.30. The maximum absolute atomic E-state index is 5.25. The van der Waals surface area contributed by atoms with E-state index < -0.39 is 0 Å². The average Bonchev–Trinajstić information content (AvgIpc) is 3.75. The highest BCUT2D eigenvalue weighted by molar-refractivity contribution is 6.22. The topological polar surface area (TPSA) is 42.7 Å². The Morgan fingerprint density at radius 1 is 0.571 bits per heavy atom. The smallest absolute Gasteiger partial charge is 0.145 e. The van der Waals surface area contributed by atoms with Crippen LogP contribution in [0.3, 0.4) is 0 Å². The fourth-order valence-corrected chi connectivity index (χ4v) is 9.23. The van der Waals surface area contributed by atoms with Gasteiger partial charge < -0.3 is 5.32 Å². The van der Waals surface area contributed by atoms with Crippen molar-refractivity contribution in [3.8, 4) is 50.5 Å². The molecule has 1 N–H and O–H groups in total. The van der Waals surface area contributed by atoms with Crippen LogP contribution < -0.4 is 5.32 Å². The number of pyridine rings is 1. The Hall–Kier alpha value is -7.04. The summed E-state index contributed by atoms with van der Waals surface area (Å²) in [5.74, 6) is 0.922. The van der Waals surface area contributed by atoms with E-state index in [1.54, 1.807) is 0 Å². The number of dihydropyridines is 1. The normalized spacial score (nSPS) is 15.3. The largest absolute Gasteiger partial charge is 0.379 e. The minimum Gasteiger partial charge on any atom is -0.379 e. The van der Waals surface area contributed by atoms with E-state index in [0.29, 0.717) is 0 Å². The van der Waals surface area contributed by atoms with Crippen LogP contribution in [-0.4, -0.2) is 14.5 Å². The number of hydrogen-bond acceptors (Lipinski definition) is 3. The molecule has 266 valence electrons. The van der Waals surface area contributed by atoms with Crippen molar-refractivity contribution in [2.45, 2.75) is 25.3 Å². The lowest BCUT2D eigenvalue weighted by Gasteiger charge is -2.24. The molecular formula is C52H38N4. The van der Waals surface area contributed by atoms with Gasteiger partial charge in [0.1, 0.15) is 5.82 Å². The molecule has 4 nitrogen and oxygen atoms in total. The standard InChI is InChI=1S/C52H38N4/c1-52(2)43-22-9-8-19-37(43)40-30-41-42(31-44(40)52)49(38-20-6-7-21-39(38)50(41)35-26-27-46(54-32-35)45-23-12-13-28-53-45)33-15-14-16-34(29-33)51-55-47-24-10-11-25-48(47)56(51)36-17-4-3-5-18-36/h3-32,45,53H,1-2H3. The predicted octanol–water partition coefficient (Wildman–Crippen LogP) is 12.7. The average molecular weight is 719 g/mol. The molecule has 1 atom stereocenters. The lowest BCUT2D eigenvalue weighted by Crippen LogP contribution is -2.16. The summed E-state index contributed by atoms with van der Waals surface area (Å²) in [6.07, 6.45) is 10.3. The molecule has 0 amide bonds. The molecule has 9 aromatic rings. The number of aromatic nitrogens is 3. The zero-order valence-electron chi connectivity index (χ0n) is 31.2. The second-order valence-corrected chi connectivity index (χ2v) is 15.4. The summed E-state index contributed by atoms with van der Waals surface area (Å²) in [5.41, 5.74) is 15.1. The van der Waals surface area contributed by atoms with Gasteiger partial charge in [-0.3, -0.25) is 9.55 Å². The van der Waals surface area contributed by atoms with Gasteiger partial charge in [0, 0.05) is 28.4 Å². The number of nitrogens with one attached hydrogen (secondary N) is 1. The van der Waals surface area contributed by atoms with Gasteiger partial charge >= 0.3 is 0 Å². The van der Waals surface area contributed by atoms with Crippen molar-refractivity contribution in [2.24, 2.45) is 0 Å². The van der Waals surface area contributed by atoms with E-state index in [1.807, 2.05) is 12.3 Å². The number of benzene rings is 7. The first-order valence-corrected chi connectivity index (χ1v) is 19.4. The first-order chi connectivity index (χ1) is 27.5. The minimum atomic E-state index is -0.149. The zero-order chi connectivity index (χ0) is 37.4. The van der Waals surface area contributed by atoms with Crippen LogP contribution in [0.4, 0.5) is 0 Å². The monoisotopic (exact) mass is 718 g/mol. The number of para-hydroxylation sites is 3. The van der Waals surface area contributed by atoms with Gasteiger partial charge in [0.05, 0.1) is 22.8 Å². The molecular weight excluding hydrogens is 681 g/mol. The fraction of sp³-hybridized carbons (Fsp3) is 0.0769. The number of allylic oxidation sites excluding steroid dienone is 2. The molecule has 2 aliphatic rings. The number of hydrogen-bond donors (Lipinski definition) is 1. The SMILES string of the molecule is CC1(C)c2ccccc2-c2cc3c(-c4ccc(C5C=CC=CN5)nc4)c4ccccc4c(-c4cccc(-c5nc6ccccc6n5-c5ccccc5)c4)c3cc21. The van der Waals surface area contributed by atoms with Crippen LogP contribution in [0, 0.1) is 0 Å². The van der Waals surface area contributed by atoms with Crippen molar-refractivity contribution >= 4 is 32.6 Å². The summed E-state index contributed by atoms with van der Waals surface area (Å²) in [7, 11) is 0. The van der Waals surface area contributed by atoms with Gasteiger partial charge in [-0.2, -0.15) is 0 Å². The quantitative estimate of drug-likeness (QED) is 0.180. The van der Waals surface area contributed by atoms with Crippen LogP contribution in [0.15, 0.2) is 182 Å². The van der Waals surface area contributed by atoms with Gasteiger partial charge in [0.25, 0.3) is 0 Å². The van der Waals surface area contributed by atoms with Gasteiger partial charge in [-0.05, 0) is 121 Å². The van der Waals surface area contributed by atoms with E-state index in [2.05, 4.69) is 194 Å². The molecule has 0 spiro atoms. The van der Waals surface area contributed by atoms with Gasteiger partial charge in [0.15, 0.2) is 0 Å². The lowest BCUT2D eigenvalue weighted by atomic mass is 9.79.